The number of nitrogens with one attached hydrogen (secondary N) is 1. The molecule has 1 aromatic heterocycles. The van der Waals surface area contributed by atoms with Crippen molar-refractivity contribution in [1.82, 2.24) is 9.88 Å². The van der Waals surface area contributed by atoms with E-state index >= 15 is 0 Å². The molecule has 0 fully saturated rings. The Morgan fingerprint density at radius 3 is 2.50 bits per heavy atom. The number of nitrogens with zero attached hydrogens (tertiary/aromatic N) is 1. The molecule has 0 unspecified atom stereocenters. The number of hydrogen-bond acceptors (Lipinski definition) is 3. The summed E-state index contributed by atoms with van der Waals surface area (Å²) in [5.41, 5.74) is 0.723. The van der Waals surface area contributed by atoms with Gasteiger partial charge < -0.3 is 10.4 Å². The third-order valence-electron chi connectivity index (χ3n) is 3.98. The Kier molecular flexibility index (Phi) is 5.18. The number of carboxylic acid groups (broad SMARTS) is 1. The highest BCUT2D eigenvalue weighted by molar-refractivity contribution is 9.10. The number of halogens is 1. The number of para-hydroxylation sites is 1. The van der Waals surface area contributed by atoms with Crippen LogP contribution in [-0.2, 0) is 17.9 Å². The highest BCUT2D eigenvalue weighted by Gasteiger charge is 2.15. The van der Waals surface area contributed by atoms with Crippen molar-refractivity contribution in [2.24, 2.45) is 0 Å². The first-order valence-electron chi connectivity index (χ1n) is 7.83. The Morgan fingerprint density at radius 2 is 1.77 bits per heavy atom. The first kappa shape index (κ1) is 17.9. The third-order valence-corrected chi connectivity index (χ3v) is 4.76. The van der Waals surface area contributed by atoms with Crippen LogP contribution < -0.4 is 10.9 Å². The number of benzene rings is 2. The number of carboxylic acids is 1. The number of rotatable bonds is 5. The molecule has 0 bridgehead atoms. The highest BCUT2D eigenvalue weighted by Crippen LogP contribution is 2.17. The van der Waals surface area contributed by atoms with Gasteiger partial charge in [0.2, 0.25) is 5.91 Å². The van der Waals surface area contributed by atoms with Gasteiger partial charge in [-0.3, -0.25) is 14.2 Å². The summed E-state index contributed by atoms with van der Waals surface area (Å²) in [4.78, 5) is 36.0. The molecule has 0 radical (unpaired) electrons. The summed E-state index contributed by atoms with van der Waals surface area (Å²) in [6, 6.07) is 15.2. The van der Waals surface area contributed by atoms with Gasteiger partial charge in [0.1, 0.15) is 6.54 Å². The number of hydrogen-bond donors (Lipinski definition) is 2. The van der Waals surface area contributed by atoms with Crippen LogP contribution in [0.15, 0.2) is 63.9 Å². The average molecular weight is 415 g/mol. The molecular weight excluding hydrogens is 400 g/mol. The summed E-state index contributed by atoms with van der Waals surface area (Å²) in [6.45, 7) is 0.129. The van der Waals surface area contributed by atoms with Crippen LogP contribution in [0.5, 0.6) is 0 Å². The second kappa shape index (κ2) is 7.53. The van der Waals surface area contributed by atoms with Crippen molar-refractivity contribution in [2.45, 2.75) is 13.1 Å². The van der Waals surface area contributed by atoms with E-state index in [1.807, 2.05) is 24.3 Å². The molecule has 3 rings (SSSR count). The largest absolute Gasteiger partial charge is 0.478 e. The fourth-order valence-corrected chi connectivity index (χ4v) is 3.13. The molecule has 1 amide bonds. The number of carbonyl (C=O) groups is 2. The van der Waals surface area contributed by atoms with Crippen LogP contribution >= 0.6 is 15.9 Å². The van der Waals surface area contributed by atoms with Crippen LogP contribution in [0, 0.1) is 0 Å². The van der Waals surface area contributed by atoms with Crippen molar-refractivity contribution < 1.29 is 14.7 Å². The van der Waals surface area contributed by atoms with Gasteiger partial charge in [-0.15, -0.1) is 0 Å². The van der Waals surface area contributed by atoms with Crippen molar-refractivity contribution >= 4 is 38.7 Å². The summed E-state index contributed by atoms with van der Waals surface area (Å²) < 4.78 is 2.16. The highest BCUT2D eigenvalue weighted by atomic mass is 79.9. The topological polar surface area (TPSA) is 88.4 Å². The van der Waals surface area contributed by atoms with Crippen LogP contribution in [0.25, 0.3) is 10.9 Å². The Labute approximate surface area is 157 Å². The molecule has 3 aromatic rings. The van der Waals surface area contributed by atoms with Crippen molar-refractivity contribution in [3.05, 3.63) is 80.6 Å². The lowest BCUT2D eigenvalue weighted by Crippen LogP contribution is -2.32. The zero-order valence-electron chi connectivity index (χ0n) is 13.6. The van der Waals surface area contributed by atoms with Crippen LogP contribution in [-0.4, -0.2) is 21.6 Å². The number of pyridine rings is 1. The van der Waals surface area contributed by atoms with E-state index in [0.29, 0.717) is 17.4 Å². The molecule has 0 aliphatic carbocycles. The smallest absolute Gasteiger partial charge is 0.336 e. The van der Waals surface area contributed by atoms with E-state index in [0.717, 1.165) is 16.1 Å². The zero-order valence-corrected chi connectivity index (χ0v) is 15.2. The molecule has 2 N–H and O–H groups in total. The molecule has 132 valence electrons. The lowest BCUT2D eigenvalue weighted by Gasteiger charge is -2.12. The van der Waals surface area contributed by atoms with Crippen LogP contribution in [0.1, 0.15) is 15.9 Å². The molecule has 6 nitrogen and oxygen atoms in total. The SMILES string of the molecule is O=C(Cn1c(=O)cc(C(=O)O)c2ccccc21)NCc1ccccc1Br. The third kappa shape index (κ3) is 3.67. The second-order valence-corrected chi connectivity index (χ2v) is 6.53. The molecule has 0 saturated carbocycles. The van der Waals surface area contributed by atoms with Gasteiger partial charge in [-0.1, -0.05) is 52.3 Å². The Morgan fingerprint density at radius 1 is 1.08 bits per heavy atom. The maximum absolute atomic E-state index is 12.3. The average Bonchev–Trinajstić information content (AvgIpc) is 2.63. The van der Waals surface area contributed by atoms with Gasteiger partial charge in [0.15, 0.2) is 0 Å². The van der Waals surface area contributed by atoms with Gasteiger partial charge in [0.25, 0.3) is 5.56 Å². The molecule has 0 saturated heterocycles. The number of aromatic carboxylic acids is 1. The van der Waals surface area contributed by atoms with Crippen molar-refractivity contribution in [3.63, 3.8) is 0 Å². The molecule has 0 aliphatic heterocycles. The van der Waals surface area contributed by atoms with E-state index in [2.05, 4.69) is 21.2 Å². The van der Waals surface area contributed by atoms with Gasteiger partial charge in [0.05, 0.1) is 11.1 Å². The second-order valence-electron chi connectivity index (χ2n) is 5.67. The van der Waals surface area contributed by atoms with Gasteiger partial charge >= 0.3 is 5.97 Å². The quantitative estimate of drug-likeness (QED) is 0.671. The van der Waals surface area contributed by atoms with E-state index in [1.54, 1.807) is 24.3 Å². The Balaban J connectivity index is 1.87. The summed E-state index contributed by atoms with van der Waals surface area (Å²) in [5, 5.41) is 12.5. The molecule has 2 aromatic carbocycles. The van der Waals surface area contributed by atoms with E-state index < -0.39 is 11.5 Å². The lowest BCUT2D eigenvalue weighted by molar-refractivity contribution is -0.121. The standard InChI is InChI=1S/C19H15BrN2O4/c20-15-7-3-1-5-12(15)10-21-17(23)11-22-16-8-4-2-6-13(16)14(19(25)26)9-18(22)24/h1-9H,10-11H2,(H,21,23)(H,25,26). The van der Waals surface area contributed by atoms with E-state index in [4.69, 9.17) is 0 Å². The van der Waals surface area contributed by atoms with Gasteiger partial charge in [-0.2, -0.15) is 0 Å². The fourth-order valence-electron chi connectivity index (χ4n) is 2.71. The molecule has 7 heteroatoms. The van der Waals surface area contributed by atoms with Crippen molar-refractivity contribution in [2.75, 3.05) is 0 Å². The lowest BCUT2D eigenvalue weighted by atomic mass is 10.1. The number of fused-ring (bicyclic) bond motifs is 1. The number of aromatic nitrogens is 1. The van der Waals surface area contributed by atoms with Crippen LogP contribution in [0.4, 0.5) is 0 Å². The number of amides is 1. The fraction of sp³-hybridized carbons (Fsp3) is 0.105. The van der Waals surface area contributed by atoms with Gasteiger partial charge in [0, 0.05) is 22.5 Å². The summed E-state index contributed by atoms with van der Waals surface area (Å²) >= 11 is 3.42. The first-order chi connectivity index (χ1) is 12.5. The van der Waals surface area contributed by atoms with Crippen LogP contribution in [0.3, 0.4) is 0 Å². The maximum Gasteiger partial charge on any atom is 0.336 e. The minimum absolute atomic E-state index is 0.0736. The predicted octanol–water partition coefficient (Wildman–Crippen LogP) is 2.78. The van der Waals surface area contributed by atoms with Crippen molar-refractivity contribution in [3.8, 4) is 0 Å². The summed E-state index contributed by atoms with van der Waals surface area (Å²) in [7, 11) is 0. The number of carbonyl (C=O) groups excluding carboxylic acids is 1. The maximum atomic E-state index is 12.3. The van der Waals surface area contributed by atoms with Gasteiger partial charge in [-0.05, 0) is 17.7 Å². The van der Waals surface area contributed by atoms with E-state index in [-0.39, 0.29) is 18.0 Å². The van der Waals surface area contributed by atoms with Crippen molar-refractivity contribution in [1.29, 1.82) is 0 Å². The molecule has 26 heavy (non-hydrogen) atoms. The monoisotopic (exact) mass is 414 g/mol. The van der Waals surface area contributed by atoms with E-state index in [1.165, 1.54) is 4.57 Å². The molecular formula is C19H15BrN2O4. The Bertz CT molecular complexity index is 1060. The summed E-state index contributed by atoms with van der Waals surface area (Å²) in [5.74, 6) is -1.51. The normalized spacial score (nSPS) is 10.7. The minimum Gasteiger partial charge on any atom is -0.478 e. The minimum atomic E-state index is -1.18. The van der Waals surface area contributed by atoms with Gasteiger partial charge in [-0.25, -0.2) is 4.79 Å². The molecule has 0 aliphatic rings. The molecule has 0 spiro atoms. The predicted molar refractivity (Wildman–Crippen MR) is 101 cm³/mol. The molecule has 0 atom stereocenters. The van der Waals surface area contributed by atoms with Crippen LogP contribution in [0.2, 0.25) is 0 Å². The van der Waals surface area contributed by atoms with E-state index in [9.17, 15) is 19.5 Å². The molecule has 1 heterocycles. The Hall–Kier alpha value is -2.93. The zero-order chi connectivity index (χ0) is 18.7. The first-order valence-corrected chi connectivity index (χ1v) is 8.62. The summed E-state index contributed by atoms with van der Waals surface area (Å²) in [6.07, 6.45) is 0.